The molecule has 0 saturated heterocycles. The number of benzene rings is 1. The maximum absolute atomic E-state index is 9.22. The van der Waals surface area contributed by atoms with Crippen molar-refractivity contribution in [1.82, 2.24) is 0 Å². The number of nitrogens with one attached hydrogen (secondary N) is 1. The standard InChI is InChI=1S/C11H17NO/c1-3-12(2)11(9-13)10-7-5-4-6-8-10/h4-8,11-13H,2-3,9H2,1H3/t11-/m1/s1. The minimum atomic E-state index is 0.103. The summed E-state index contributed by atoms with van der Waals surface area (Å²) in [6, 6.07) is 10.1. The fourth-order valence-electron chi connectivity index (χ4n) is 1.40. The van der Waals surface area contributed by atoms with Crippen LogP contribution in [0.2, 0.25) is 0 Å². The van der Waals surface area contributed by atoms with Gasteiger partial charge in [0.1, 0.15) is 6.04 Å². The highest BCUT2D eigenvalue weighted by Crippen LogP contribution is 2.07. The van der Waals surface area contributed by atoms with Crippen molar-refractivity contribution in [3.63, 3.8) is 0 Å². The topological polar surface area (TPSA) is 24.7 Å². The van der Waals surface area contributed by atoms with Gasteiger partial charge in [0.25, 0.3) is 0 Å². The third-order valence-corrected chi connectivity index (χ3v) is 2.33. The maximum atomic E-state index is 9.22. The van der Waals surface area contributed by atoms with E-state index in [0.29, 0.717) is 0 Å². The average Bonchev–Trinajstić information content (AvgIpc) is 2.20. The minimum Gasteiger partial charge on any atom is -0.460 e. The Morgan fingerprint density at radius 2 is 2.00 bits per heavy atom. The molecule has 1 rings (SSSR count). The second-order valence-corrected chi connectivity index (χ2v) is 3.16. The molecule has 0 aliphatic rings. The predicted octanol–water partition coefficient (Wildman–Crippen LogP) is 0.416. The molecule has 0 aliphatic carbocycles. The van der Waals surface area contributed by atoms with Crippen molar-refractivity contribution in [3.8, 4) is 0 Å². The Hall–Kier alpha value is -0.860. The molecule has 13 heavy (non-hydrogen) atoms. The lowest BCUT2D eigenvalue weighted by atomic mass is 10.1. The molecule has 2 atom stereocenters. The number of hydrogen-bond acceptors (Lipinski definition) is 1. The zero-order chi connectivity index (χ0) is 9.68. The molecular weight excluding hydrogens is 162 g/mol. The first-order valence-corrected chi connectivity index (χ1v) is 4.63. The van der Waals surface area contributed by atoms with Crippen LogP contribution < -0.4 is 4.90 Å². The van der Waals surface area contributed by atoms with Crippen LogP contribution in [0.1, 0.15) is 18.5 Å². The fraction of sp³-hybridized carbons (Fsp3) is 0.364. The molecule has 1 aromatic carbocycles. The monoisotopic (exact) mass is 179 g/mol. The van der Waals surface area contributed by atoms with Crippen LogP contribution in [0.3, 0.4) is 0 Å². The van der Waals surface area contributed by atoms with Gasteiger partial charge in [0.05, 0.1) is 13.2 Å². The van der Waals surface area contributed by atoms with Crippen molar-refractivity contribution in [1.29, 1.82) is 0 Å². The fourth-order valence-corrected chi connectivity index (χ4v) is 1.40. The highest BCUT2D eigenvalue weighted by molar-refractivity contribution is 5.17. The largest absolute Gasteiger partial charge is 0.460 e. The Labute approximate surface area is 79.8 Å². The van der Waals surface area contributed by atoms with Crippen LogP contribution in [0.5, 0.6) is 0 Å². The first kappa shape index (κ1) is 10.2. The molecular formula is C11H17NO. The smallest absolute Gasteiger partial charge is 0.113 e. The van der Waals surface area contributed by atoms with Gasteiger partial charge < -0.3 is 10.0 Å². The van der Waals surface area contributed by atoms with Crippen LogP contribution in [0.25, 0.3) is 0 Å². The van der Waals surface area contributed by atoms with E-state index in [1.165, 1.54) is 0 Å². The van der Waals surface area contributed by atoms with Gasteiger partial charge >= 0.3 is 0 Å². The summed E-state index contributed by atoms with van der Waals surface area (Å²) in [4.78, 5) is 1.09. The summed E-state index contributed by atoms with van der Waals surface area (Å²) in [5, 5.41) is 9.22. The summed E-state index contributed by atoms with van der Waals surface area (Å²) in [5.41, 5.74) is 1.15. The van der Waals surface area contributed by atoms with Gasteiger partial charge in [-0.05, 0) is 6.92 Å². The Bertz CT molecular complexity index is 235. The van der Waals surface area contributed by atoms with Gasteiger partial charge in [-0.25, -0.2) is 0 Å². The van der Waals surface area contributed by atoms with E-state index in [4.69, 9.17) is 0 Å². The van der Waals surface area contributed by atoms with Crippen LogP contribution in [0.4, 0.5) is 0 Å². The van der Waals surface area contributed by atoms with Gasteiger partial charge in [0.15, 0.2) is 0 Å². The zero-order valence-corrected chi connectivity index (χ0v) is 8.03. The van der Waals surface area contributed by atoms with Crippen LogP contribution in [0, 0.1) is 7.05 Å². The Morgan fingerprint density at radius 1 is 1.38 bits per heavy atom. The second-order valence-electron chi connectivity index (χ2n) is 3.16. The minimum absolute atomic E-state index is 0.103. The Balaban J connectivity index is 2.78. The third kappa shape index (κ3) is 2.54. The van der Waals surface area contributed by atoms with Crippen LogP contribution in [0.15, 0.2) is 30.3 Å². The molecule has 2 nitrogen and oxygen atoms in total. The summed E-state index contributed by atoms with van der Waals surface area (Å²) < 4.78 is 0. The van der Waals surface area contributed by atoms with Crippen LogP contribution in [-0.2, 0) is 0 Å². The van der Waals surface area contributed by atoms with E-state index in [2.05, 4.69) is 14.0 Å². The van der Waals surface area contributed by atoms with Gasteiger partial charge in [-0.15, -0.1) is 0 Å². The van der Waals surface area contributed by atoms with E-state index in [1.54, 1.807) is 0 Å². The molecule has 0 radical (unpaired) electrons. The highest BCUT2D eigenvalue weighted by Gasteiger charge is 2.13. The molecule has 0 aromatic heterocycles. The molecule has 1 unspecified atom stereocenters. The molecule has 1 aromatic rings. The van der Waals surface area contributed by atoms with Gasteiger partial charge in [-0.1, -0.05) is 30.3 Å². The number of hydrogen-bond donors (Lipinski definition) is 2. The molecule has 72 valence electrons. The van der Waals surface area contributed by atoms with Gasteiger partial charge in [0.2, 0.25) is 0 Å². The summed E-state index contributed by atoms with van der Waals surface area (Å²) in [7, 11) is 3.96. The molecule has 0 bridgehead atoms. The number of likely N-dealkylation sites (N-methyl/N-ethyl adjacent to an activating group) is 1. The third-order valence-electron chi connectivity index (χ3n) is 2.33. The van der Waals surface area contributed by atoms with E-state index in [0.717, 1.165) is 17.0 Å². The molecule has 0 saturated carbocycles. The summed E-state index contributed by atoms with van der Waals surface area (Å²) in [6.45, 7) is 3.13. The van der Waals surface area contributed by atoms with Crippen molar-refractivity contribution in [2.75, 3.05) is 13.2 Å². The molecule has 0 fully saturated rings. The predicted molar refractivity (Wildman–Crippen MR) is 53.1 cm³/mol. The Kier molecular flexibility index (Phi) is 3.93. The second kappa shape index (κ2) is 5.00. The average molecular weight is 179 g/mol. The lowest BCUT2D eigenvalue weighted by Gasteiger charge is -2.28. The Morgan fingerprint density at radius 3 is 2.46 bits per heavy atom. The summed E-state index contributed by atoms with van der Waals surface area (Å²) in [5.74, 6) is 0. The quantitative estimate of drug-likeness (QED) is 0.643. The summed E-state index contributed by atoms with van der Waals surface area (Å²) >= 11 is 0. The van der Waals surface area contributed by atoms with Crippen molar-refractivity contribution < 1.29 is 10.0 Å². The van der Waals surface area contributed by atoms with Crippen molar-refractivity contribution in [2.24, 2.45) is 0 Å². The van der Waals surface area contributed by atoms with E-state index in [9.17, 15) is 5.11 Å². The number of quaternary nitrogens is 1. The summed E-state index contributed by atoms with van der Waals surface area (Å²) in [6.07, 6.45) is 0. The number of aliphatic hydroxyl groups excluding tert-OH is 1. The lowest BCUT2D eigenvalue weighted by molar-refractivity contribution is -0.886. The van der Waals surface area contributed by atoms with E-state index in [-0.39, 0.29) is 12.6 Å². The first-order chi connectivity index (χ1) is 6.29. The van der Waals surface area contributed by atoms with Crippen LogP contribution >= 0.6 is 0 Å². The SMILES string of the molecule is [CH2-][NH+](CC)[C@H](CO)c1ccccc1. The molecule has 0 heterocycles. The van der Waals surface area contributed by atoms with Gasteiger partial charge in [-0.2, -0.15) is 7.05 Å². The molecule has 0 amide bonds. The number of rotatable bonds is 4. The van der Waals surface area contributed by atoms with Gasteiger partial charge in [0, 0.05) is 5.56 Å². The lowest BCUT2D eigenvalue weighted by Crippen LogP contribution is -3.07. The number of aliphatic hydroxyl groups is 1. The van der Waals surface area contributed by atoms with Crippen molar-refractivity contribution >= 4 is 0 Å². The first-order valence-electron chi connectivity index (χ1n) is 4.63. The molecule has 2 N–H and O–H groups in total. The molecule has 2 heteroatoms. The maximum Gasteiger partial charge on any atom is 0.113 e. The van der Waals surface area contributed by atoms with Crippen LogP contribution in [-0.4, -0.2) is 18.3 Å². The van der Waals surface area contributed by atoms with E-state index < -0.39 is 0 Å². The van der Waals surface area contributed by atoms with E-state index in [1.807, 2.05) is 30.3 Å². The zero-order valence-electron chi connectivity index (χ0n) is 8.03. The normalized spacial score (nSPS) is 15.3. The van der Waals surface area contributed by atoms with Crippen molar-refractivity contribution in [2.45, 2.75) is 13.0 Å². The molecule has 0 aliphatic heterocycles. The van der Waals surface area contributed by atoms with Crippen molar-refractivity contribution in [3.05, 3.63) is 42.9 Å². The highest BCUT2D eigenvalue weighted by atomic mass is 16.3. The molecule has 0 spiro atoms. The van der Waals surface area contributed by atoms with E-state index >= 15 is 0 Å². The van der Waals surface area contributed by atoms with Gasteiger partial charge in [-0.3, -0.25) is 0 Å².